The number of aromatic hydroxyl groups is 3. The van der Waals surface area contributed by atoms with Crippen molar-refractivity contribution in [3.63, 3.8) is 0 Å². The number of aliphatic hydroxyl groups is 10. The summed E-state index contributed by atoms with van der Waals surface area (Å²) in [5, 5.41) is 173. The third-order valence-corrected chi connectivity index (χ3v) is 24.5. The number of hydrogen-bond acceptors (Lipinski definition) is 34. The van der Waals surface area contributed by atoms with Gasteiger partial charge >= 0.3 is 6.36 Å². The summed E-state index contributed by atoms with van der Waals surface area (Å²) in [4.78, 5) is 137. The second kappa shape index (κ2) is 44.2. The van der Waals surface area contributed by atoms with E-state index in [2.05, 4.69) is 52.6 Å². The quantitative estimate of drug-likeness (QED) is 0.0353. The van der Waals surface area contributed by atoms with Gasteiger partial charge in [0.05, 0.1) is 54.5 Å². The molecule has 139 heavy (non-hydrogen) atoms. The van der Waals surface area contributed by atoms with Crippen LogP contribution >= 0.6 is 23.2 Å². The minimum Gasteiger partial charge on any atom is -0.508 e. The first-order chi connectivity index (χ1) is 65.8. The number of carbonyl (C=O) groups is 9. The number of anilines is 1. The molecule has 23 atom stereocenters. The number of nitrogens with zero attached hydrogens (tertiary/aromatic N) is 1. The molecule has 15 rings (SSSR count). The van der Waals surface area contributed by atoms with E-state index >= 15 is 28.8 Å². The predicted molar refractivity (Wildman–Crippen MR) is 477 cm³/mol. The van der Waals surface area contributed by atoms with E-state index in [0.29, 0.717) is 5.56 Å². The van der Waals surface area contributed by atoms with Gasteiger partial charge in [-0.25, -0.2) is 0 Å². The molecule has 7 aromatic rings. The lowest BCUT2D eigenvalue weighted by Gasteiger charge is -2.46. The fourth-order valence-electron chi connectivity index (χ4n) is 16.9. The molecule has 0 aromatic heterocycles. The van der Waals surface area contributed by atoms with Crippen LogP contribution in [-0.2, 0) is 68.6 Å². The second-order valence-electron chi connectivity index (χ2n) is 34.6. The van der Waals surface area contributed by atoms with Crippen LogP contribution in [0, 0.1) is 5.92 Å². The number of nitrogens with one attached hydrogen (secondary N) is 9. The third kappa shape index (κ3) is 24.2. The van der Waals surface area contributed by atoms with E-state index < -0.39 is 335 Å². The summed E-state index contributed by atoms with van der Waals surface area (Å²) < 4.78 is 94.4. The summed E-state index contributed by atoms with van der Waals surface area (Å²) >= 11 is 14.6. The SMILES string of the molecule is CN[C@H](CC(C)C)C(=O)NC1C(=O)NC(CC(N)=O)C(=O)N[C@H]2C(=O)NC3C(=O)N[C@H](C(=O)NC(C(=O)N(CCO)CCO)c4cc(O)cc(O)c4-c4cc3ccc4O)[C@H](O[C@H]3C[C@](C)(N)[C@@H](O)[C@H](C)O3)c3ccc(c(Cl)c3)Oc3cc2cc(c3O[C@@H]2O[C@H](CO)[C@@H](O[C@@H]3O[C@H](CNCc4cccc(NC(=O)c5cccc(OC(F)(F)F)c5)c4)[C@H](O)[C@H](O)[C@H]3O)[C@H](O)[C@H]2O)Oc2ccc(cc2Cl)[C@H]1O. The standard InChI is InChI=1S/C91H105Cl2F3N12O31/c1-37(2)22-52(99-5)81(124)106-68-70(116)41-13-16-56(50(92)26-41)132-58-28-44-29-59(77(58)137-89-75(121)73(119)78(61(36-111)135-89)138-88-74(120)72(118)71(117)60(134-88)35-100-34-39-8-6-10-45(23-39)101-80(123)43-9-7-11-47(24-43)139-91(94,95)96)133-57-17-14-42(27-51(57)93)76(136-63-33-90(4,98)79(122)38(3)131-63)69-86(129)105-67(87(130)108(18-20-109)19-21-110)49-30-46(112)31-55(114)64(49)48-25-40(12-15-54(48)113)65(83(126)107-69)104-84(127)66(44)103-82(125)53(32-62(97)115)102-85(68)128/h6-17,23-31,37-38,52-53,60-61,63,65-76,78-79,88-89,99-100,109-114,116-122H,18-22,32-36,98H2,1-5H3,(H2,97,115)(H,101,123)(H,102,128)(H,103,125)(H,104,127)(H,105,129)(H,106,124)(H,107,126)/t38-,52+,53?,60+,61+,63-,65?,66+,67?,68?,69-,70+,71-,72-,73+,74+,75+,76+,78+,79-,88-,89-,90-/m0/s1. The maximum absolute atomic E-state index is 16.6. The molecule has 8 aliphatic heterocycles. The summed E-state index contributed by atoms with van der Waals surface area (Å²) in [5.41, 5.74) is 8.46. The van der Waals surface area contributed by atoms with Crippen molar-refractivity contribution < 1.29 is 165 Å². The molecule has 0 radical (unpaired) electrons. The van der Waals surface area contributed by atoms with Gasteiger partial charge in [0.25, 0.3) is 5.91 Å². The number of aliphatic hydroxyl groups excluding tert-OH is 10. The molecular weight excluding hydrogens is 1880 g/mol. The largest absolute Gasteiger partial charge is 0.573 e. The maximum atomic E-state index is 16.6. The third-order valence-electron chi connectivity index (χ3n) is 23.9. The van der Waals surface area contributed by atoms with Gasteiger partial charge in [0.2, 0.25) is 59.3 Å². The number of halogens is 5. The normalized spacial score (nSPS) is 28.0. The molecule has 11 bridgehead atoms. The highest BCUT2D eigenvalue weighted by molar-refractivity contribution is 6.32. The van der Waals surface area contributed by atoms with Gasteiger partial charge in [-0.1, -0.05) is 73.4 Å². The van der Waals surface area contributed by atoms with Gasteiger partial charge in [-0.3, -0.25) is 43.2 Å². The number of amides is 9. The van der Waals surface area contributed by atoms with Crippen molar-refractivity contribution >= 4 is 82.1 Å². The first kappa shape index (κ1) is 104. The van der Waals surface area contributed by atoms with Crippen molar-refractivity contribution in [2.45, 2.75) is 200 Å². The Bertz CT molecular complexity index is 5710. The van der Waals surface area contributed by atoms with Crippen LogP contribution in [-0.4, -0.2) is 287 Å². The average Bonchev–Trinajstić information content (AvgIpc) is 0.756. The Morgan fingerprint density at radius 1 is 0.655 bits per heavy atom. The zero-order chi connectivity index (χ0) is 101. The first-order valence-corrected chi connectivity index (χ1v) is 44.5. The van der Waals surface area contributed by atoms with Gasteiger partial charge in [0.15, 0.2) is 24.1 Å². The highest BCUT2D eigenvalue weighted by atomic mass is 35.5. The van der Waals surface area contributed by atoms with E-state index in [1.807, 2.05) is 0 Å². The number of likely N-dealkylation sites (N-methyl/N-ethyl adjacent to an activating group) is 1. The Balaban J connectivity index is 0.944. The van der Waals surface area contributed by atoms with Crippen LogP contribution in [0.1, 0.15) is 121 Å². The summed E-state index contributed by atoms with van der Waals surface area (Å²) in [7, 11) is 1.44. The van der Waals surface area contributed by atoms with E-state index in [1.165, 1.54) is 57.3 Å². The van der Waals surface area contributed by atoms with E-state index in [4.69, 9.17) is 72.6 Å². The number of nitrogens with two attached hydrogens (primary N) is 2. The predicted octanol–water partition coefficient (Wildman–Crippen LogP) is 0.607. The van der Waals surface area contributed by atoms with Gasteiger partial charge in [-0.2, -0.15) is 0 Å². The first-order valence-electron chi connectivity index (χ1n) is 43.7. The number of ether oxygens (including phenoxy) is 9. The van der Waals surface area contributed by atoms with Gasteiger partial charge < -0.3 is 173 Å². The van der Waals surface area contributed by atoms with E-state index in [0.717, 1.165) is 89.8 Å². The lowest BCUT2D eigenvalue weighted by molar-refractivity contribution is -0.350. The molecule has 750 valence electrons. The molecular formula is C91H105Cl2F3N12O31. The molecule has 0 saturated carbocycles. The van der Waals surface area contributed by atoms with Gasteiger partial charge in [0.1, 0.15) is 132 Å². The van der Waals surface area contributed by atoms with Crippen molar-refractivity contribution in [3.8, 4) is 62.9 Å². The van der Waals surface area contributed by atoms with Crippen LogP contribution in [0.15, 0.2) is 127 Å². The molecule has 43 nitrogen and oxygen atoms in total. The molecule has 3 fully saturated rings. The Labute approximate surface area is 799 Å². The van der Waals surface area contributed by atoms with Crippen LogP contribution in [0.4, 0.5) is 18.9 Å². The zero-order valence-corrected chi connectivity index (χ0v) is 76.1. The van der Waals surface area contributed by atoms with Gasteiger partial charge in [-0.05, 0) is 152 Å². The van der Waals surface area contributed by atoms with E-state index in [-0.39, 0.29) is 47.8 Å². The molecule has 7 aromatic carbocycles. The summed E-state index contributed by atoms with van der Waals surface area (Å²) in [6.45, 7) is 2.29. The molecule has 48 heteroatoms. The fraction of sp³-hybridized carbons (Fsp3) is 0.440. The van der Waals surface area contributed by atoms with Crippen LogP contribution in [0.5, 0.6) is 51.7 Å². The van der Waals surface area contributed by atoms with Crippen molar-refractivity contribution in [2.24, 2.45) is 17.4 Å². The second-order valence-corrected chi connectivity index (χ2v) is 35.5. The van der Waals surface area contributed by atoms with Crippen molar-refractivity contribution in [1.29, 1.82) is 0 Å². The Morgan fingerprint density at radius 2 is 1.29 bits per heavy atom. The van der Waals surface area contributed by atoms with Gasteiger partial charge in [-0.15, -0.1) is 13.2 Å². The molecule has 8 heterocycles. The van der Waals surface area contributed by atoms with Gasteiger partial charge in [0, 0.05) is 66.6 Å². The molecule has 0 spiro atoms. The number of carbonyl (C=O) groups excluding carboxylic acids is 9. The monoisotopic (exact) mass is 1990 g/mol. The Hall–Kier alpha value is -12.0. The molecule has 26 N–H and O–H groups in total. The number of fused-ring (bicyclic) bond motifs is 15. The van der Waals surface area contributed by atoms with Crippen molar-refractivity contribution in [1.82, 2.24) is 47.4 Å². The lowest BCUT2D eigenvalue weighted by Crippen LogP contribution is -2.65. The average molecular weight is 1990 g/mol. The topological polar surface area (TPSA) is 663 Å². The smallest absolute Gasteiger partial charge is 0.508 e. The molecule has 0 aliphatic carbocycles. The number of rotatable bonds is 26. The number of phenolic OH excluding ortho intramolecular Hbond substituents is 3. The number of primary amides is 1. The zero-order valence-electron chi connectivity index (χ0n) is 74.6. The molecule has 9 amide bonds. The number of benzene rings is 7. The summed E-state index contributed by atoms with van der Waals surface area (Å²) in [5.74, 6) is -17.9. The fourth-order valence-corrected chi connectivity index (χ4v) is 17.4. The van der Waals surface area contributed by atoms with Crippen molar-refractivity contribution in [3.05, 3.63) is 176 Å². The highest BCUT2D eigenvalue weighted by Gasteiger charge is 2.54. The minimum atomic E-state index is -5.04. The summed E-state index contributed by atoms with van der Waals surface area (Å²) in [6.07, 6.45) is -35.6. The number of phenols is 3. The molecule has 4 unspecified atom stereocenters. The molecule has 3 saturated heterocycles. The minimum absolute atomic E-state index is 0.0613. The van der Waals surface area contributed by atoms with Crippen LogP contribution in [0.2, 0.25) is 10.0 Å². The number of hydrogen-bond donors (Lipinski definition) is 24. The maximum Gasteiger partial charge on any atom is 0.573 e. The summed E-state index contributed by atoms with van der Waals surface area (Å²) in [6, 6.07) is 9.16. The van der Waals surface area contributed by atoms with Crippen molar-refractivity contribution in [2.75, 3.05) is 51.8 Å². The Kier molecular flexibility index (Phi) is 33.2. The van der Waals surface area contributed by atoms with Crippen LogP contribution in [0.25, 0.3) is 11.1 Å². The Morgan fingerprint density at radius 3 is 1.93 bits per heavy atom. The van der Waals surface area contributed by atoms with Crippen LogP contribution < -0.4 is 78.3 Å². The number of alkyl halides is 3. The van der Waals surface area contributed by atoms with E-state index in [1.54, 1.807) is 19.9 Å². The molecule has 8 aliphatic rings. The highest BCUT2D eigenvalue weighted by Crippen LogP contribution is 2.51. The van der Waals surface area contributed by atoms with E-state index in [9.17, 15) is 93.9 Å². The lowest BCUT2D eigenvalue weighted by atomic mass is 9.86. The van der Waals surface area contributed by atoms with Crippen LogP contribution in [0.3, 0.4) is 0 Å².